The van der Waals surface area contributed by atoms with Crippen molar-refractivity contribution in [2.75, 3.05) is 16.0 Å². The Morgan fingerprint density at radius 2 is 0.523 bits per heavy atom. The van der Waals surface area contributed by atoms with Gasteiger partial charge in [-0.15, -0.1) is 0 Å². The summed E-state index contributed by atoms with van der Waals surface area (Å²) in [6.45, 7) is 13.9. The molecular formula is C127H103Br2N3. The monoisotopic (exact) mass is 1830 g/mol. The minimum absolute atomic E-state index is 0. The van der Waals surface area contributed by atoms with E-state index in [2.05, 4.69) is 526 Å². The number of anilines is 6. The van der Waals surface area contributed by atoms with Crippen LogP contribution in [0.3, 0.4) is 0 Å². The standard InChI is InChI=1S/C45H33N.C35H27N.C20H15N.C15H13Br.C10H7Br.2CH4/c1-45(2)41-21-10-9-19-38(41)40-29-35(25-26-42(40)45)46(34-24-22-30-12-3-4-15-33(30)28-34)43-27-23-32-14-6-8-18-37(32)44(43)39-20-11-16-31-13-5-7-17-36(31)39;1-35(2)31-17-8-7-15-28(31)30-22-25(19-20-32(30)35)36-33-21-18-24-11-4-6-14-27(24)34(33)29-16-9-12-23-10-3-5-13-26(23)29;21-19-13-12-15-7-2-4-10-17(15)20(19)18-11-5-8-14-6-1-3-9-16(14)18;1-15(2)13-6-4-3-5-11(13)12-9-10(16)7-8-14(12)15;11-10-6-5-8-3-1-2-4-9(8)7-10;;/h3-29H,1-2H3;3-22,36H,1-2H3;1-13H,21H2;3-9H,1-2H3;1-7H;2*1H4. The molecule has 0 fully saturated rings. The molecule has 0 amide bonds. The van der Waals surface area contributed by atoms with Gasteiger partial charge in [-0.25, -0.2) is 0 Å². The molecule has 25 rings (SSSR count). The van der Waals surface area contributed by atoms with Crippen molar-refractivity contribution in [3.05, 3.63) is 491 Å². The van der Waals surface area contributed by atoms with E-state index < -0.39 is 0 Å². The van der Waals surface area contributed by atoms with E-state index >= 15 is 0 Å². The molecule has 3 aliphatic rings. The van der Waals surface area contributed by atoms with Crippen LogP contribution < -0.4 is 16.0 Å². The van der Waals surface area contributed by atoms with Crippen molar-refractivity contribution in [3.63, 3.8) is 0 Å². The van der Waals surface area contributed by atoms with Crippen LogP contribution in [0, 0.1) is 0 Å². The maximum atomic E-state index is 6.31. The molecule has 0 saturated carbocycles. The van der Waals surface area contributed by atoms with Crippen molar-refractivity contribution in [2.24, 2.45) is 0 Å². The van der Waals surface area contributed by atoms with E-state index in [1.807, 2.05) is 6.07 Å². The molecule has 22 aromatic rings. The minimum Gasteiger partial charge on any atom is -0.398 e. The molecule has 0 heterocycles. The van der Waals surface area contributed by atoms with Gasteiger partial charge in [-0.2, -0.15) is 0 Å². The summed E-state index contributed by atoms with van der Waals surface area (Å²) < 4.78 is 2.29. The van der Waals surface area contributed by atoms with Crippen LogP contribution in [0.4, 0.5) is 34.1 Å². The first kappa shape index (κ1) is 86.6. The van der Waals surface area contributed by atoms with E-state index in [0.717, 1.165) is 48.6 Å². The first-order valence-electron chi connectivity index (χ1n) is 44.8. The molecule has 640 valence electrons. The van der Waals surface area contributed by atoms with Gasteiger partial charge in [-0.1, -0.05) is 458 Å². The fraction of sp³-hybridized carbons (Fsp3) is 0.0866. The molecule has 0 aromatic heterocycles. The number of hydrogen-bond acceptors (Lipinski definition) is 3. The Labute approximate surface area is 792 Å². The molecule has 0 aliphatic heterocycles. The molecule has 0 spiro atoms. The van der Waals surface area contributed by atoms with Gasteiger partial charge in [0.05, 0.1) is 5.69 Å². The molecule has 0 saturated heterocycles. The Kier molecular flexibility index (Phi) is 23.6. The summed E-state index contributed by atoms with van der Waals surface area (Å²) in [7, 11) is 0. The maximum Gasteiger partial charge on any atom is 0.0546 e. The summed E-state index contributed by atoms with van der Waals surface area (Å²) in [5, 5.41) is 23.7. The van der Waals surface area contributed by atoms with Crippen LogP contribution in [0.15, 0.2) is 458 Å². The molecule has 5 heteroatoms. The number of nitrogens with two attached hydrogens (primary N) is 1. The molecule has 132 heavy (non-hydrogen) atoms. The van der Waals surface area contributed by atoms with E-state index in [4.69, 9.17) is 5.73 Å². The Balaban J connectivity index is 0.000000115. The van der Waals surface area contributed by atoms with Crippen molar-refractivity contribution in [3.8, 4) is 66.8 Å². The number of hydrogen-bond donors (Lipinski definition) is 2. The topological polar surface area (TPSA) is 41.3 Å². The summed E-state index contributed by atoms with van der Waals surface area (Å²) in [6, 6.07) is 162. The van der Waals surface area contributed by atoms with E-state index in [-0.39, 0.29) is 31.1 Å². The highest BCUT2D eigenvalue weighted by Gasteiger charge is 2.39. The highest BCUT2D eigenvalue weighted by molar-refractivity contribution is 9.10. The lowest BCUT2D eigenvalue weighted by Crippen LogP contribution is -2.15. The van der Waals surface area contributed by atoms with Crippen LogP contribution in [0.5, 0.6) is 0 Å². The summed E-state index contributed by atoms with van der Waals surface area (Å²) in [4.78, 5) is 2.48. The van der Waals surface area contributed by atoms with Crippen molar-refractivity contribution in [2.45, 2.75) is 72.6 Å². The van der Waals surface area contributed by atoms with E-state index in [9.17, 15) is 0 Å². The maximum absolute atomic E-state index is 6.31. The molecule has 22 aromatic carbocycles. The number of halogens is 2. The first-order chi connectivity index (χ1) is 63.5. The average molecular weight is 1830 g/mol. The van der Waals surface area contributed by atoms with Crippen LogP contribution in [0.25, 0.3) is 153 Å². The predicted molar refractivity (Wildman–Crippen MR) is 579 cm³/mol. The lowest BCUT2D eigenvalue weighted by atomic mass is 9.82. The van der Waals surface area contributed by atoms with Gasteiger partial charge in [0, 0.05) is 70.3 Å². The normalized spacial score (nSPS) is 12.8. The van der Waals surface area contributed by atoms with Crippen molar-refractivity contribution in [1.29, 1.82) is 0 Å². The van der Waals surface area contributed by atoms with Crippen LogP contribution in [0.1, 0.15) is 89.8 Å². The molecule has 0 unspecified atom stereocenters. The third kappa shape index (κ3) is 15.8. The van der Waals surface area contributed by atoms with E-state index in [1.165, 1.54) is 181 Å². The second-order valence-electron chi connectivity index (χ2n) is 35.9. The molecule has 0 bridgehead atoms. The minimum atomic E-state index is -0.0463. The lowest BCUT2D eigenvalue weighted by Gasteiger charge is -2.30. The number of nitrogens with zero attached hydrogens (tertiary/aromatic N) is 1. The van der Waals surface area contributed by atoms with Gasteiger partial charge in [-0.3, -0.25) is 0 Å². The third-order valence-corrected chi connectivity index (χ3v) is 28.1. The van der Waals surface area contributed by atoms with Gasteiger partial charge in [0.2, 0.25) is 0 Å². The second-order valence-corrected chi connectivity index (χ2v) is 37.7. The zero-order valence-electron chi connectivity index (χ0n) is 73.5. The lowest BCUT2D eigenvalue weighted by molar-refractivity contribution is 0.660. The molecule has 0 atom stereocenters. The fourth-order valence-electron chi connectivity index (χ4n) is 20.7. The van der Waals surface area contributed by atoms with E-state index in [1.54, 1.807) is 0 Å². The first-order valence-corrected chi connectivity index (χ1v) is 46.4. The zero-order valence-corrected chi connectivity index (χ0v) is 76.7. The molecule has 0 radical (unpaired) electrons. The van der Waals surface area contributed by atoms with Crippen LogP contribution in [-0.2, 0) is 16.2 Å². The van der Waals surface area contributed by atoms with Crippen LogP contribution in [0.2, 0.25) is 0 Å². The Hall–Kier alpha value is -14.7. The summed E-state index contributed by atoms with van der Waals surface area (Å²) in [5.41, 5.74) is 36.7. The summed E-state index contributed by atoms with van der Waals surface area (Å²) >= 11 is 6.99. The van der Waals surface area contributed by atoms with E-state index in [0.29, 0.717) is 0 Å². The van der Waals surface area contributed by atoms with Gasteiger partial charge in [0.15, 0.2) is 0 Å². The quantitative estimate of drug-likeness (QED) is 0.149. The van der Waals surface area contributed by atoms with Gasteiger partial charge in [0.1, 0.15) is 0 Å². The Morgan fingerprint density at radius 1 is 0.220 bits per heavy atom. The summed E-state index contributed by atoms with van der Waals surface area (Å²) in [5.74, 6) is 0. The third-order valence-electron chi connectivity index (χ3n) is 27.2. The van der Waals surface area contributed by atoms with Crippen LogP contribution in [-0.4, -0.2) is 0 Å². The molecule has 3 nitrogen and oxygen atoms in total. The van der Waals surface area contributed by atoms with Crippen LogP contribution >= 0.6 is 31.9 Å². The zero-order chi connectivity index (χ0) is 88.4. The SMILES string of the molecule is Brc1ccc2ccccc2c1.C.C.CC1(C)c2ccccc2-c2cc(Br)ccc21.CC1(C)c2ccccc2-c2cc(N(c3ccc4ccccc4c3)c3ccc4ccccc4c3-c3cccc4ccccc34)ccc21.CC1(C)c2ccccc2-c2cc(Nc3ccc4ccccc4c3-c3cccc4ccccc34)ccc21.Nc1ccc2ccccc2c1-c1cccc2ccccc12. The number of fused-ring (bicyclic) bond motifs is 17. The Bertz CT molecular complexity index is 8180. The molecule has 3 N–H and O–H groups in total. The van der Waals surface area contributed by atoms with Gasteiger partial charge < -0.3 is 16.0 Å². The second kappa shape index (κ2) is 36.0. The summed E-state index contributed by atoms with van der Waals surface area (Å²) in [6.07, 6.45) is 0. The molecular weight excluding hydrogens is 1730 g/mol. The van der Waals surface area contributed by atoms with Gasteiger partial charge >= 0.3 is 0 Å². The predicted octanol–water partition coefficient (Wildman–Crippen LogP) is 37.2. The van der Waals surface area contributed by atoms with Gasteiger partial charge in [-0.05, 0) is 248 Å². The number of nitrogens with one attached hydrogen (secondary N) is 1. The Morgan fingerprint density at radius 3 is 1.03 bits per heavy atom. The van der Waals surface area contributed by atoms with Gasteiger partial charge in [0.25, 0.3) is 0 Å². The van der Waals surface area contributed by atoms with Crippen molar-refractivity contribution >= 4 is 152 Å². The number of rotatable bonds is 8. The number of nitrogen functional groups attached to an aromatic ring is 1. The smallest absolute Gasteiger partial charge is 0.0546 e. The van der Waals surface area contributed by atoms with Crippen molar-refractivity contribution < 1.29 is 0 Å². The largest absolute Gasteiger partial charge is 0.398 e. The fourth-order valence-corrected chi connectivity index (χ4v) is 21.5. The number of benzene rings is 22. The van der Waals surface area contributed by atoms with Crippen molar-refractivity contribution in [1.82, 2.24) is 0 Å². The average Bonchev–Trinajstić information content (AvgIpc) is 1.47. The highest BCUT2D eigenvalue weighted by atomic mass is 79.9. The highest BCUT2D eigenvalue weighted by Crippen LogP contribution is 2.55. The molecule has 3 aliphatic carbocycles.